The molecule has 3 nitrogen and oxygen atoms in total. The lowest BCUT2D eigenvalue weighted by atomic mass is 10.1. The van der Waals surface area contributed by atoms with Crippen LogP contribution in [-0.4, -0.2) is 24.3 Å². The number of aromatic nitrogens is 1. The van der Waals surface area contributed by atoms with Crippen molar-refractivity contribution in [2.45, 2.75) is 19.4 Å². The Bertz CT molecular complexity index is 551. The molecule has 18 heavy (non-hydrogen) atoms. The summed E-state index contributed by atoms with van der Waals surface area (Å²) in [6.45, 7) is 4.81. The topological polar surface area (TPSA) is 26.2 Å². The number of ether oxygens (including phenoxy) is 1. The maximum absolute atomic E-state index is 5.67. The van der Waals surface area contributed by atoms with Gasteiger partial charge in [-0.1, -0.05) is 12.1 Å². The van der Waals surface area contributed by atoms with Crippen molar-refractivity contribution >= 4 is 10.9 Å². The van der Waals surface area contributed by atoms with Crippen LogP contribution in [0, 0.1) is 6.92 Å². The Morgan fingerprint density at radius 1 is 1.39 bits per heavy atom. The Kier molecular flexibility index (Phi) is 3.10. The average Bonchev–Trinajstić information content (AvgIpc) is 2.58. The van der Waals surface area contributed by atoms with Gasteiger partial charge in [-0.3, -0.25) is 0 Å². The van der Waals surface area contributed by atoms with Gasteiger partial charge in [-0.05, 0) is 37.1 Å². The van der Waals surface area contributed by atoms with Crippen LogP contribution in [0.1, 0.15) is 23.6 Å². The normalized spacial score (nSPS) is 21.1. The maximum Gasteiger partial charge on any atom is 0.0662 e. The van der Waals surface area contributed by atoms with Crippen molar-refractivity contribution < 1.29 is 4.74 Å². The summed E-state index contributed by atoms with van der Waals surface area (Å²) in [5.41, 5.74) is 3.96. The van der Waals surface area contributed by atoms with Crippen LogP contribution in [0.3, 0.4) is 0 Å². The summed E-state index contributed by atoms with van der Waals surface area (Å²) < 4.78 is 7.88. The standard InChI is InChI=1S/C15H20N2O/c1-11-4-5-12-13(9-17(2)15(12)8-11)14-10-18-7-3-6-16-14/h4-5,8-9,14,16H,3,6-7,10H2,1-2H3. The Hall–Kier alpha value is -1.32. The lowest BCUT2D eigenvalue weighted by Gasteiger charge is -2.14. The predicted octanol–water partition coefficient (Wildman–Crippen LogP) is 2.54. The molecule has 0 radical (unpaired) electrons. The van der Waals surface area contributed by atoms with Crippen LogP contribution >= 0.6 is 0 Å². The lowest BCUT2D eigenvalue weighted by Crippen LogP contribution is -2.23. The van der Waals surface area contributed by atoms with E-state index in [0.29, 0.717) is 6.04 Å². The third-order valence-corrected chi connectivity index (χ3v) is 3.69. The molecule has 1 unspecified atom stereocenters. The van der Waals surface area contributed by atoms with Crippen molar-refractivity contribution in [2.24, 2.45) is 7.05 Å². The highest BCUT2D eigenvalue weighted by atomic mass is 16.5. The quantitative estimate of drug-likeness (QED) is 0.834. The third kappa shape index (κ3) is 2.04. The number of nitrogens with one attached hydrogen (secondary N) is 1. The Morgan fingerprint density at radius 3 is 3.17 bits per heavy atom. The zero-order valence-electron chi connectivity index (χ0n) is 11.1. The molecule has 0 aliphatic carbocycles. The molecule has 3 rings (SSSR count). The SMILES string of the molecule is Cc1ccc2c(C3COCCCN3)cn(C)c2c1. The van der Waals surface area contributed by atoms with E-state index in [2.05, 4.69) is 48.3 Å². The van der Waals surface area contributed by atoms with Gasteiger partial charge in [0.25, 0.3) is 0 Å². The van der Waals surface area contributed by atoms with E-state index in [1.165, 1.54) is 22.0 Å². The highest BCUT2D eigenvalue weighted by Gasteiger charge is 2.18. The second kappa shape index (κ2) is 4.75. The third-order valence-electron chi connectivity index (χ3n) is 3.69. The van der Waals surface area contributed by atoms with Gasteiger partial charge >= 0.3 is 0 Å². The molecule has 1 atom stereocenters. The summed E-state index contributed by atoms with van der Waals surface area (Å²) >= 11 is 0. The molecule has 1 aliphatic rings. The van der Waals surface area contributed by atoms with E-state index in [1.807, 2.05) is 0 Å². The number of rotatable bonds is 1. The molecular formula is C15H20N2O. The Balaban J connectivity index is 2.05. The number of nitrogens with zero attached hydrogens (tertiary/aromatic N) is 1. The molecular weight excluding hydrogens is 224 g/mol. The first kappa shape index (κ1) is 11.8. The van der Waals surface area contributed by atoms with Gasteiger partial charge in [0.2, 0.25) is 0 Å². The van der Waals surface area contributed by atoms with Gasteiger partial charge in [-0.15, -0.1) is 0 Å². The smallest absolute Gasteiger partial charge is 0.0662 e. The Labute approximate surface area is 108 Å². The minimum atomic E-state index is 0.318. The van der Waals surface area contributed by atoms with Crippen LogP contribution in [0.5, 0.6) is 0 Å². The summed E-state index contributed by atoms with van der Waals surface area (Å²) in [5.74, 6) is 0. The van der Waals surface area contributed by atoms with Crippen LogP contribution < -0.4 is 5.32 Å². The predicted molar refractivity (Wildman–Crippen MR) is 73.8 cm³/mol. The molecule has 1 aliphatic heterocycles. The molecule has 0 saturated carbocycles. The molecule has 1 fully saturated rings. The van der Waals surface area contributed by atoms with Crippen molar-refractivity contribution in [3.05, 3.63) is 35.5 Å². The molecule has 1 saturated heterocycles. The van der Waals surface area contributed by atoms with Crippen LogP contribution in [0.4, 0.5) is 0 Å². The Morgan fingerprint density at radius 2 is 2.28 bits per heavy atom. The summed E-state index contributed by atoms with van der Waals surface area (Å²) in [7, 11) is 2.11. The van der Waals surface area contributed by atoms with E-state index >= 15 is 0 Å². The molecule has 1 N–H and O–H groups in total. The summed E-state index contributed by atoms with van der Waals surface area (Å²) in [6, 6.07) is 6.98. The molecule has 0 bridgehead atoms. The lowest BCUT2D eigenvalue weighted by molar-refractivity contribution is 0.132. The average molecular weight is 244 g/mol. The number of hydrogen-bond acceptors (Lipinski definition) is 2. The van der Waals surface area contributed by atoms with E-state index in [1.54, 1.807) is 0 Å². The second-order valence-electron chi connectivity index (χ2n) is 5.15. The van der Waals surface area contributed by atoms with Gasteiger partial charge in [-0.2, -0.15) is 0 Å². The van der Waals surface area contributed by atoms with Gasteiger partial charge in [0.1, 0.15) is 0 Å². The molecule has 96 valence electrons. The van der Waals surface area contributed by atoms with E-state index < -0.39 is 0 Å². The van der Waals surface area contributed by atoms with Gasteiger partial charge in [0, 0.05) is 30.8 Å². The molecule has 2 heterocycles. The number of hydrogen-bond donors (Lipinski definition) is 1. The van der Waals surface area contributed by atoms with Crippen molar-refractivity contribution in [2.75, 3.05) is 19.8 Å². The molecule has 1 aromatic carbocycles. The number of aryl methyl sites for hydroxylation is 2. The van der Waals surface area contributed by atoms with Gasteiger partial charge < -0.3 is 14.6 Å². The van der Waals surface area contributed by atoms with Crippen molar-refractivity contribution in [3.8, 4) is 0 Å². The first-order valence-electron chi connectivity index (χ1n) is 6.62. The van der Waals surface area contributed by atoms with Crippen LogP contribution in [0.2, 0.25) is 0 Å². The monoisotopic (exact) mass is 244 g/mol. The first-order valence-corrected chi connectivity index (χ1v) is 6.62. The molecule has 1 aromatic heterocycles. The number of fused-ring (bicyclic) bond motifs is 1. The van der Waals surface area contributed by atoms with E-state index in [9.17, 15) is 0 Å². The zero-order chi connectivity index (χ0) is 12.5. The minimum absolute atomic E-state index is 0.318. The van der Waals surface area contributed by atoms with E-state index in [-0.39, 0.29) is 0 Å². The largest absolute Gasteiger partial charge is 0.379 e. The molecule has 3 heteroatoms. The van der Waals surface area contributed by atoms with Crippen LogP contribution in [0.25, 0.3) is 10.9 Å². The fourth-order valence-corrected chi connectivity index (χ4v) is 2.71. The van der Waals surface area contributed by atoms with Crippen molar-refractivity contribution in [3.63, 3.8) is 0 Å². The van der Waals surface area contributed by atoms with Gasteiger partial charge in [-0.25, -0.2) is 0 Å². The molecule has 2 aromatic rings. The van der Waals surface area contributed by atoms with Crippen LogP contribution in [0.15, 0.2) is 24.4 Å². The fourth-order valence-electron chi connectivity index (χ4n) is 2.71. The second-order valence-corrected chi connectivity index (χ2v) is 5.15. The maximum atomic E-state index is 5.67. The fraction of sp³-hybridized carbons (Fsp3) is 0.467. The highest BCUT2D eigenvalue weighted by Crippen LogP contribution is 2.27. The van der Waals surface area contributed by atoms with Crippen LogP contribution in [-0.2, 0) is 11.8 Å². The molecule has 0 amide bonds. The minimum Gasteiger partial charge on any atom is -0.379 e. The zero-order valence-corrected chi connectivity index (χ0v) is 11.1. The van der Waals surface area contributed by atoms with Crippen molar-refractivity contribution in [1.29, 1.82) is 0 Å². The highest BCUT2D eigenvalue weighted by molar-refractivity contribution is 5.85. The van der Waals surface area contributed by atoms with Crippen molar-refractivity contribution in [1.82, 2.24) is 9.88 Å². The van der Waals surface area contributed by atoms with Gasteiger partial charge in [0.15, 0.2) is 0 Å². The summed E-state index contributed by atoms with van der Waals surface area (Å²) in [5, 5.41) is 4.92. The summed E-state index contributed by atoms with van der Waals surface area (Å²) in [6.07, 6.45) is 3.33. The van der Waals surface area contributed by atoms with Gasteiger partial charge in [0.05, 0.1) is 12.6 Å². The first-order chi connectivity index (χ1) is 8.75. The van der Waals surface area contributed by atoms with E-state index in [4.69, 9.17) is 4.74 Å². The van der Waals surface area contributed by atoms with E-state index in [0.717, 1.165) is 26.2 Å². The summed E-state index contributed by atoms with van der Waals surface area (Å²) in [4.78, 5) is 0. The molecule has 0 spiro atoms. The number of benzene rings is 1.